The Hall–Kier alpha value is -2.95. The summed E-state index contributed by atoms with van der Waals surface area (Å²) in [5.74, 6) is -0.378. The SMILES string of the molecule is CC(O)CC(=O)NOC(c1ccccc1)(c1ccccc1)c1ccccc1. The number of rotatable bonds is 7. The molecule has 0 saturated carbocycles. The van der Waals surface area contributed by atoms with Crippen LogP contribution in [0, 0.1) is 0 Å². The van der Waals surface area contributed by atoms with E-state index in [1.165, 1.54) is 0 Å². The number of hydrogen-bond donors (Lipinski definition) is 2. The molecule has 0 fully saturated rings. The first-order valence-corrected chi connectivity index (χ1v) is 8.94. The van der Waals surface area contributed by atoms with E-state index in [0.717, 1.165) is 16.7 Å². The molecule has 0 heterocycles. The minimum absolute atomic E-state index is 0.0333. The van der Waals surface area contributed by atoms with Crippen LogP contribution in [0.5, 0.6) is 0 Å². The average molecular weight is 361 g/mol. The van der Waals surface area contributed by atoms with Gasteiger partial charge in [0, 0.05) is 0 Å². The number of carbonyl (C=O) groups is 1. The molecule has 4 nitrogen and oxygen atoms in total. The maximum absolute atomic E-state index is 12.2. The number of benzene rings is 3. The van der Waals surface area contributed by atoms with Crippen molar-refractivity contribution < 1.29 is 14.7 Å². The summed E-state index contributed by atoms with van der Waals surface area (Å²) in [6, 6.07) is 29.3. The molecule has 0 saturated heterocycles. The Labute approximate surface area is 159 Å². The van der Waals surface area contributed by atoms with Crippen LogP contribution in [0.25, 0.3) is 0 Å². The minimum atomic E-state index is -1.02. The molecular formula is C23H23NO3. The van der Waals surface area contributed by atoms with E-state index in [1.807, 2.05) is 91.0 Å². The van der Waals surface area contributed by atoms with Crippen LogP contribution < -0.4 is 5.48 Å². The van der Waals surface area contributed by atoms with Crippen LogP contribution in [0.4, 0.5) is 0 Å². The standard InChI is InChI=1S/C23H23NO3/c1-18(25)17-22(26)24-27-23(19-11-5-2-6-12-19,20-13-7-3-8-14-20)21-15-9-4-10-16-21/h2-16,18,25H,17H2,1H3,(H,24,26). The maximum atomic E-state index is 12.2. The highest BCUT2D eigenvalue weighted by Crippen LogP contribution is 2.39. The Morgan fingerprint density at radius 2 is 1.22 bits per heavy atom. The van der Waals surface area contributed by atoms with Crippen LogP contribution >= 0.6 is 0 Å². The van der Waals surface area contributed by atoms with Crippen molar-refractivity contribution in [2.24, 2.45) is 0 Å². The van der Waals surface area contributed by atoms with Crippen molar-refractivity contribution in [3.05, 3.63) is 108 Å². The summed E-state index contributed by atoms with van der Waals surface area (Å²) < 4.78 is 0. The summed E-state index contributed by atoms with van der Waals surface area (Å²) in [5.41, 5.74) is 4.20. The topological polar surface area (TPSA) is 58.6 Å². The molecule has 4 heteroatoms. The van der Waals surface area contributed by atoms with E-state index in [2.05, 4.69) is 5.48 Å². The fourth-order valence-corrected chi connectivity index (χ4v) is 3.14. The zero-order valence-electron chi connectivity index (χ0n) is 15.2. The van der Waals surface area contributed by atoms with Crippen molar-refractivity contribution in [2.45, 2.75) is 25.0 Å². The highest BCUT2D eigenvalue weighted by atomic mass is 16.7. The molecule has 0 radical (unpaired) electrons. The number of carbonyl (C=O) groups excluding carboxylic acids is 1. The zero-order valence-corrected chi connectivity index (χ0v) is 15.2. The number of hydroxylamine groups is 1. The number of nitrogens with one attached hydrogen (secondary N) is 1. The first kappa shape index (κ1) is 18.8. The van der Waals surface area contributed by atoms with Gasteiger partial charge in [0.1, 0.15) is 0 Å². The van der Waals surface area contributed by atoms with Gasteiger partial charge in [-0.15, -0.1) is 0 Å². The summed E-state index contributed by atoms with van der Waals surface area (Å²) >= 11 is 0. The monoisotopic (exact) mass is 361 g/mol. The number of aliphatic hydroxyl groups excluding tert-OH is 1. The van der Waals surface area contributed by atoms with Gasteiger partial charge in [0.25, 0.3) is 0 Å². The lowest BCUT2D eigenvalue weighted by atomic mass is 9.80. The fraction of sp³-hybridized carbons (Fsp3) is 0.174. The smallest absolute Gasteiger partial charge is 0.246 e. The second-order valence-corrected chi connectivity index (χ2v) is 6.46. The zero-order chi connectivity index (χ0) is 19.1. The van der Waals surface area contributed by atoms with E-state index < -0.39 is 11.7 Å². The Morgan fingerprint density at radius 1 is 0.852 bits per heavy atom. The molecule has 3 aromatic rings. The molecule has 3 rings (SSSR count). The van der Waals surface area contributed by atoms with Crippen molar-refractivity contribution in [2.75, 3.05) is 0 Å². The lowest BCUT2D eigenvalue weighted by molar-refractivity contribution is -0.145. The molecule has 1 amide bonds. The van der Waals surface area contributed by atoms with Gasteiger partial charge in [0.05, 0.1) is 12.5 Å². The van der Waals surface area contributed by atoms with Gasteiger partial charge in [-0.05, 0) is 23.6 Å². The fourth-order valence-electron chi connectivity index (χ4n) is 3.14. The Bertz CT molecular complexity index is 752. The van der Waals surface area contributed by atoms with Gasteiger partial charge in [-0.1, -0.05) is 91.0 Å². The van der Waals surface area contributed by atoms with E-state index >= 15 is 0 Å². The molecule has 1 atom stereocenters. The van der Waals surface area contributed by atoms with E-state index in [9.17, 15) is 9.90 Å². The molecule has 2 N–H and O–H groups in total. The van der Waals surface area contributed by atoms with Gasteiger partial charge in [0.15, 0.2) is 5.60 Å². The predicted octanol–water partition coefficient (Wildman–Crippen LogP) is 3.80. The van der Waals surface area contributed by atoms with Crippen LogP contribution in [0.15, 0.2) is 91.0 Å². The van der Waals surface area contributed by atoms with Crippen molar-refractivity contribution in [3.63, 3.8) is 0 Å². The number of amides is 1. The molecule has 0 aliphatic heterocycles. The van der Waals surface area contributed by atoms with Crippen LogP contribution in [0.3, 0.4) is 0 Å². The highest BCUT2D eigenvalue weighted by molar-refractivity contribution is 5.75. The van der Waals surface area contributed by atoms with Crippen molar-refractivity contribution in [3.8, 4) is 0 Å². The molecule has 138 valence electrons. The predicted molar refractivity (Wildman–Crippen MR) is 105 cm³/mol. The van der Waals surface area contributed by atoms with E-state index in [1.54, 1.807) is 6.92 Å². The van der Waals surface area contributed by atoms with Gasteiger partial charge in [0.2, 0.25) is 5.91 Å². The molecule has 27 heavy (non-hydrogen) atoms. The highest BCUT2D eigenvalue weighted by Gasteiger charge is 2.39. The molecular weight excluding hydrogens is 338 g/mol. The lowest BCUT2D eigenvalue weighted by Crippen LogP contribution is -2.41. The lowest BCUT2D eigenvalue weighted by Gasteiger charge is -2.35. The van der Waals surface area contributed by atoms with Crippen molar-refractivity contribution in [1.82, 2.24) is 5.48 Å². The Morgan fingerprint density at radius 3 is 1.56 bits per heavy atom. The van der Waals surface area contributed by atoms with Crippen LogP contribution in [0.1, 0.15) is 30.0 Å². The van der Waals surface area contributed by atoms with Gasteiger partial charge >= 0.3 is 0 Å². The first-order valence-electron chi connectivity index (χ1n) is 8.94. The van der Waals surface area contributed by atoms with Gasteiger partial charge in [-0.2, -0.15) is 0 Å². The summed E-state index contributed by atoms with van der Waals surface area (Å²) in [7, 11) is 0. The van der Waals surface area contributed by atoms with E-state index in [0.29, 0.717) is 0 Å². The summed E-state index contributed by atoms with van der Waals surface area (Å²) in [5, 5.41) is 9.49. The third-order valence-electron chi connectivity index (χ3n) is 4.34. The second kappa shape index (κ2) is 8.62. The van der Waals surface area contributed by atoms with Crippen LogP contribution in [-0.4, -0.2) is 17.1 Å². The quantitative estimate of drug-likeness (QED) is 0.497. The van der Waals surface area contributed by atoms with Gasteiger partial charge < -0.3 is 5.11 Å². The molecule has 0 aliphatic carbocycles. The summed E-state index contributed by atoms with van der Waals surface area (Å²) in [6.45, 7) is 1.57. The first-order chi connectivity index (χ1) is 13.1. The van der Waals surface area contributed by atoms with E-state index in [-0.39, 0.29) is 12.3 Å². The summed E-state index contributed by atoms with van der Waals surface area (Å²) in [6.07, 6.45) is -0.776. The minimum Gasteiger partial charge on any atom is -0.393 e. The normalized spacial score (nSPS) is 12.4. The molecule has 0 aliphatic rings. The van der Waals surface area contributed by atoms with Crippen molar-refractivity contribution in [1.29, 1.82) is 0 Å². The van der Waals surface area contributed by atoms with Crippen LogP contribution in [0.2, 0.25) is 0 Å². The van der Waals surface area contributed by atoms with Gasteiger partial charge in [-0.25, -0.2) is 5.48 Å². The molecule has 1 unspecified atom stereocenters. The maximum Gasteiger partial charge on any atom is 0.246 e. The third kappa shape index (κ3) is 4.25. The average Bonchev–Trinajstić information content (AvgIpc) is 2.70. The van der Waals surface area contributed by atoms with E-state index in [4.69, 9.17) is 4.84 Å². The summed E-state index contributed by atoms with van der Waals surface area (Å²) in [4.78, 5) is 18.3. The van der Waals surface area contributed by atoms with Crippen LogP contribution in [-0.2, 0) is 15.2 Å². The molecule has 3 aromatic carbocycles. The van der Waals surface area contributed by atoms with Crippen molar-refractivity contribution >= 4 is 5.91 Å². The molecule has 0 spiro atoms. The second-order valence-electron chi connectivity index (χ2n) is 6.46. The largest absolute Gasteiger partial charge is 0.393 e. The number of aliphatic hydroxyl groups is 1. The Balaban J connectivity index is 2.12. The molecule has 0 aromatic heterocycles. The third-order valence-corrected chi connectivity index (χ3v) is 4.34. The van der Waals surface area contributed by atoms with Gasteiger partial charge in [-0.3, -0.25) is 9.63 Å². The number of hydrogen-bond acceptors (Lipinski definition) is 3. The molecule has 0 bridgehead atoms. The Kier molecular flexibility index (Phi) is 6.01.